The molecule has 206 valence electrons. The molecule has 4 rings (SSSR count). The first-order valence-corrected chi connectivity index (χ1v) is 14.9. The van der Waals surface area contributed by atoms with Gasteiger partial charge in [0.1, 0.15) is 5.00 Å². The molecule has 0 bridgehead atoms. The van der Waals surface area contributed by atoms with Crippen LogP contribution in [0.25, 0.3) is 0 Å². The average molecular weight is 594 g/mol. The summed E-state index contributed by atoms with van der Waals surface area (Å²) in [5, 5.41) is 10.0. The number of benzene rings is 2. The predicted molar refractivity (Wildman–Crippen MR) is 162 cm³/mol. The molecule has 0 aliphatic rings. The van der Waals surface area contributed by atoms with E-state index in [0.29, 0.717) is 26.7 Å². The molecule has 2 aromatic heterocycles. The zero-order valence-electron chi connectivity index (χ0n) is 22.0. The van der Waals surface area contributed by atoms with Crippen LogP contribution in [0, 0.1) is 6.92 Å². The third kappa shape index (κ3) is 7.17. The van der Waals surface area contributed by atoms with Crippen molar-refractivity contribution in [2.45, 2.75) is 30.9 Å². The van der Waals surface area contributed by atoms with Crippen LogP contribution in [0.1, 0.15) is 49.1 Å². The van der Waals surface area contributed by atoms with E-state index in [0.717, 1.165) is 16.2 Å². The van der Waals surface area contributed by atoms with Crippen molar-refractivity contribution in [3.63, 3.8) is 0 Å². The molecule has 0 spiro atoms. The minimum atomic E-state index is -0.611. The molecule has 40 heavy (non-hydrogen) atoms. The molecule has 0 fully saturated rings. The minimum absolute atomic E-state index is 0.151. The highest BCUT2D eigenvalue weighted by Gasteiger charge is 2.28. The number of nitrogens with one attached hydrogen (secondary N) is 3. The van der Waals surface area contributed by atoms with Crippen LogP contribution in [0.4, 0.5) is 16.4 Å². The van der Waals surface area contributed by atoms with Gasteiger partial charge in [-0.3, -0.25) is 14.4 Å². The normalized spacial score (nSPS) is 11.4. The summed E-state index contributed by atoms with van der Waals surface area (Å²) < 4.78 is 5.22. The predicted octanol–water partition coefficient (Wildman–Crippen LogP) is 6.92. The highest BCUT2D eigenvalue weighted by molar-refractivity contribution is 8.00. The van der Waals surface area contributed by atoms with Crippen molar-refractivity contribution < 1.29 is 23.9 Å². The first kappa shape index (κ1) is 29.1. The molecule has 3 N–H and O–H groups in total. The summed E-state index contributed by atoms with van der Waals surface area (Å²) in [5.74, 6) is -1.54. The summed E-state index contributed by atoms with van der Waals surface area (Å²) in [6.45, 7) is 5.24. The van der Waals surface area contributed by atoms with Gasteiger partial charge in [-0.05, 0) is 68.1 Å². The lowest BCUT2D eigenvalue weighted by Gasteiger charge is -2.13. The van der Waals surface area contributed by atoms with Gasteiger partial charge in [0.25, 0.3) is 11.8 Å². The molecular weight excluding hydrogens is 567 g/mol. The van der Waals surface area contributed by atoms with Crippen molar-refractivity contribution in [3.8, 4) is 0 Å². The molecule has 0 saturated carbocycles. The quantitative estimate of drug-likeness (QED) is 0.136. The second-order valence-corrected chi connectivity index (χ2v) is 11.9. The Morgan fingerprint density at radius 3 is 2.33 bits per heavy atom. The third-order valence-corrected chi connectivity index (χ3v) is 8.79. The van der Waals surface area contributed by atoms with E-state index in [1.54, 1.807) is 69.3 Å². The van der Waals surface area contributed by atoms with Crippen LogP contribution in [-0.2, 0) is 9.53 Å². The lowest BCUT2D eigenvalue weighted by Crippen LogP contribution is -2.23. The van der Waals surface area contributed by atoms with Crippen LogP contribution in [0.3, 0.4) is 0 Å². The van der Waals surface area contributed by atoms with E-state index < -0.39 is 11.2 Å². The van der Waals surface area contributed by atoms with E-state index in [1.807, 2.05) is 23.6 Å². The fourth-order valence-corrected chi connectivity index (χ4v) is 6.33. The van der Waals surface area contributed by atoms with Crippen molar-refractivity contribution in [2.24, 2.45) is 0 Å². The van der Waals surface area contributed by atoms with Gasteiger partial charge in [-0.2, -0.15) is 0 Å². The third-order valence-electron chi connectivity index (χ3n) is 5.62. The first-order valence-electron chi connectivity index (χ1n) is 12.4. The molecule has 1 atom stereocenters. The van der Waals surface area contributed by atoms with Crippen LogP contribution >= 0.6 is 34.4 Å². The van der Waals surface area contributed by atoms with Crippen LogP contribution < -0.4 is 16.0 Å². The van der Waals surface area contributed by atoms with Crippen molar-refractivity contribution in [2.75, 3.05) is 22.6 Å². The summed E-state index contributed by atoms with van der Waals surface area (Å²) in [6, 6.07) is 19.8. The summed E-state index contributed by atoms with van der Waals surface area (Å²) >= 11 is 3.68. The molecule has 3 amide bonds. The number of thioether (sulfide) groups is 1. The maximum atomic E-state index is 13.2. The zero-order chi connectivity index (χ0) is 28.6. The van der Waals surface area contributed by atoms with Gasteiger partial charge in [0, 0.05) is 16.3 Å². The topological polar surface area (TPSA) is 114 Å². The van der Waals surface area contributed by atoms with Crippen molar-refractivity contribution >= 4 is 74.5 Å². The monoisotopic (exact) mass is 593 g/mol. The number of esters is 1. The van der Waals surface area contributed by atoms with Gasteiger partial charge < -0.3 is 20.7 Å². The number of carbonyl (C=O) groups excluding carboxylic acids is 4. The summed E-state index contributed by atoms with van der Waals surface area (Å²) in [6.07, 6.45) is 0. The average Bonchev–Trinajstić information content (AvgIpc) is 3.58. The Morgan fingerprint density at radius 1 is 0.900 bits per heavy atom. The fraction of sp³-hybridized carbons (Fsp3) is 0.172. The van der Waals surface area contributed by atoms with Gasteiger partial charge in [0.05, 0.1) is 27.2 Å². The van der Waals surface area contributed by atoms with Gasteiger partial charge in [-0.1, -0.05) is 30.3 Å². The Hall–Kier alpha value is -3.93. The largest absolute Gasteiger partial charge is 0.462 e. The highest BCUT2D eigenvalue weighted by atomic mass is 32.2. The van der Waals surface area contributed by atoms with E-state index in [-0.39, 0.29) is 34.9 Å². The van der Waals surface area contributed by atoms with Crippen molar-refractivity contribution in [3.05, 3.63) is 93.0 Å². The number of rotatable bonds is 10. The number of anilines is 3. The van der Waals surface area contributed by atoms with E-state index >= 15 is 0 Å². The number of hydrogen-bond acceptors (Lipinski definition) is 8. The lowest BCUT2D eigenvalue weighted by atomic mass is 10.1. The van der Waals surface area contributed by atoms with Crippen molar-refractivity contribution in [1.29, 1.82) is 0 Å². The Kier molecular flexibility index (Phi) is 9.75. The molecule has 8 nitrogen and oxygen atoms in total. The minimum Gasteiger partial charge on any atom is -0.462 e. The van der Waals surface area contributed by atoms with Gasteiger partial charge in [0.15, 0.2) is 0 Å². The molecule has 0 saturated heterocycles. The first-order chi connectivity index (χ1) is 19.3. The maximum Gasteiger partial charge on any atom is 0.341 e. The van der Waals surface area contributed by atoms with Crippen LogP contribution in [0.15, 0.2) is 77.0 Å². The molecule has 11 heteroatoms. The Balaban J connectivity index is 1.49. The highest BCUT2D eigenvalue weighted by Crippen LogP contribution is 2.35. The lowest BCUT2D eigenvalue weighted by molar-refractivity contribution is -0.115. The summed E-state index contributed by atoms with van der Waals surface area (Å²) in [4.78, 5) is 53.1. The van der Waals surface area contributed by atoms with Gasteiger partial charge in [-0.25, -0.2) is 4.79 Å². The standard InChI is InChI=1S/C29H27N3O5S3/c1-4-37-29(36)23-17(2)24(27(35)30-19-10-6-5-7-11-19)40-28(23)32-25(33)18(3)39-21-13-8-12-20(16-21)31-26(34)22-14-9-15-38-22/h5-16,18H,4H2,1-3H3,(H,30,35)(H,31,34)(H,32,33). The van der Waals surface area contributed by atoms with Crippen LogP contribution in [0.5, 0.6) is 0 Å². The van der Waals surface area contributed by atoms with Crippen LogP contribution in [0.2, 0.25) is 0 Å². The van der Waals surface area contributed by atoms with Gasteiger partial charge >= 0.3 is 5.97 Å². The summed E-state index contributed by atoms with van der Waals surface area (Å²) in [5.41, 5.74) is 1.82. The Labute approximate surface area is 244 Å². The molecule has 2 aromatic carbocycles. The molecule has 2 heterocycles. The van der Waals surface area contributed by atoms with Gasteiger partial charge in [0.2, 0.25) is 5.91 Å². The zero-order valence-corrected chi connectivity index (χ0v) is 24.4. The van der Waals surface area contributed by atoms with Gasteiger partial charge in [-0.15, -0.1) is 34.4 Å². The molecule has 1 unspecified atom stereocenters. The van der Waals surface area contributed by atoms with E-state index in [9.17, 15) is 19.2 Å². The number of amides is 3. The van der Waals surface area contributed by atoms with E-state index in [1.165, 1.54) is 23.1 Å². The second-order valence-electron chi connectivity index (χ2n) is 8.51. The maximum absolute atomic E-state index is 13.2. The van der Waals surface area contributed by atoms with Crippen molar-refractivity contribution in [1.82, 2.24) is 0 Å². The molecule has 0 aliphatic heterocycles. The summed E-state index contributed by atoms with van der Waals surface area (Å²) in [7, 11) is 0. The smallest absolute Gasteiger partial charge is 0.341 e. The molecular formula is C29H27N3O5S3. The number of carbonyl (C=O) groups is 4. The molecule has 0 aliphatic carbocycles. The molecule has 0 radical (unpaired) electrons. The number of hydrogen-bond donors (Lipinski definition) is 3. The Bertz CT molecular complexity index is 1520. The Morgan fingerprint density at radius 2 is 1.62 bits per heavy atom. The second kappa shape index (κ2) is 13.4. The SMILES string of the molecule is CCOC(=O)c1c(NC(=O)C(C)Sc2cccc(NC(=O)c3cccs3)c2)sc(C(=O)Nc2ccccc2)c1C. The van der Waals surface area contributed by atoms with Crippen LogP contribution in [-0.4, -0.2) is 35.5 Å². The fourth-order valence-electron chi connectivity index (χ4n) is 3.70. The molecule has 4 aromatic rings. The van der Waals surface area contributed by atoms with E-state index in [4.69, 9.17) is 4.74 Å². The number of para-hydroxylation sites is 1. The van der Waals surface area contributed by atoms with E-state index in [2.05, 4.69) is 16.0 Å². The number of ether oxygens (including phenoxy) is 1. The number of thiophene rings is 2.